The van der Waals surface area contributed by atoms with Crippen molar-refractivity contribution in [3.05, 3.63) is 60.8 Å². The fourth-order valence-electron chi connectivity index (χ4n) is 9.90. The lowest BCUT2D eigenvalue weighted by Gasteiger charge is -2.46. The van der Waals surface area contributed by atoms with E-state index in [1.165, 1.54) is 161 Å². The molecule has 12 unspecified atom stereocenters. The molecule has 77 heavy (non-hydrogen) atoms. The molecule has 2 aliphatic rings. The van der Waals surface area contributed by atoms with E-state index < -0.39 is 86.8 Å². The monoisotopic (exact) mass is 1090 g/mol. The normalized spacial score (nSPS) is 25.1. The van der Waals surface area contributed by atoms with Crippen molar-refractivity contribution in [3.63, 3.8) is 0 Å². The summed E-state index contributed by atoms with van der Waals surface area (Å²) in [4.78, 5) is 13.2. The van der Waals surface area contributed by atoms with E-state index in [0.717, 1.165) is 44.9 Å². The molecular formula is C63H113NO13. The zero-order valence-corrected chi connectivity index (χ0v) is 48.2. The fraction of sp³-hybridized carbons (Fsp3) is 0.825. The van der Waals surface area contributed by atoms with Crippen molar-refractivity contribution in [3.8, 4) is 0 Å². The first-order valence-corrected chi connectivity index (χ1v) is 31.0. The standard InChI is InChI=1S/C63H113NO13/c1-3-5-7-9-11-13-15-16-17-18-19-20-21-22-23-24-25-26-27-28-29-30-31-32-33-34-35-36-37-39-41-43-45-47-55(68)64-51(52(67)46-44-42-40-38-14-12-10-8-6-4-2)50-74-62-60(73)58(71)61(54(49-66)76-62)77-63-59(72)57(70)56(69)53(48-65)75-63/h14-16,18-19,21-22,38,44,46,51-54,56-63,65-67,69-73H,3-13,17,20,23-37,39-43,45,47-50H2,1-2H3,(H,64,68)/b16-15-,19-18-,22-21-,38-14+,46-44+. The summed E-state index contributed by atoms with van der Waals surface area (Å²) in [7, 11) is 0. The molecule has 1 amide bonds. The van der Waals surface area contributed by atoms with Gasteiger partial charge in [0, 0.05) is 6.42 Å². The van der Waals surface area contributed by atoms with Gasteiger partial charge in [-0.1, -0.05) is 222 Å². The number of aliphatic hydroxyl groups is 8. The summed E-state index contributed by atoms with van der Waals surface area (Å²) in [5.41, 5.74) is 0. The van der Waals surface area contributed by atoms with Crippen LogP contribution < -0.4 is 5.32 Å². The minimum atomic E-state index is -1.79. The minimum absolute atomic E-state index is 0.251. The van der Waals surface area contributed by atoms with Crippen molar-refractivity contribution in [2.45, 2.75) is 312 Å². The summed E-state index contributed by atoms with van der Waals surface area (Å²) in [5.74, 6) is -0.251. The van der Waals surface area contributed by atoms with Crippen molar-refractivity contribution in [2.75, 3.05) is 19.8 Å². The number of carbonyl (C=O) groups excluding carboxylic acids is 1. The second kappa shape index (κ2) is 48.4. The number of allylic oxidation sites excluding steroid dienone is 9. The van der Waals surface area contributed by atoms with Crippen molar-refractivity contribution in [1.82, 2.24) is 5.32 Å². The Labute approximate surface area is 466 Å². The van der Waals surface area contributed by atoms with E-state index in [1.54, 1.807) is 6.08 Å². The SMILES string of the molecule is CCCCCC/C=C/CC/C=C/C(O)C(COC1OC(CO)C(OC2OC(CO)C(O)C(O)C2O)C(O)C1O)NC(=O)CCCCCCCCCCCCCCCCCCCC/C=C\C/C=C\C/C=C\CCCCCCC. The molecule has 2 aliphatic heterocycles. The molecule has 12 atom stereocenters. The van der Waals surface area contributed by atoms with Crippen LogP contribution in [0.5, 0.6) is 0 Å². The molecule has 0 aromatic carbocycles. The Kier molecular flexibility index (Phi) is 44.5. The van der Waals surface area contributed by atoms with Gasteiger partial charge in [-0.3, -0.25) is 4.79 Å². The second-order valence-corrected chi connectivity index (χ2v) is 21.8. The summed E-state index contributed by atoms with van der Waals surface area (Å²) in [6.45, 7) is 2.72. The van der Waals surface area contributed by atoms with Crippen LogP contribution in [0.25, 0.3) is 0 Å². The average Bonchev–Trinajstić information content (AvgIpc) is 3.44. The lowest BCUT2D eigenvalue weighted by molar-refractivity contribution is -0.359. The van der Waals surface area contributed by atoms with Gasteiger partial charge in [0.2, 0.25) is 5.91 Å². The number of amides is 1. The fourth-order valence-corrected chi connectivity index (χ4v) is 9.90. The number of hydrogen-bond acceptors (Lipinski definition) is 13. The summed E-state index contributed by atoms with van der Waals surface area (Å²) in [5, 5.41) is 86.8. The summed E-state index contributed by atoms with van der Waals surface area (Å²) in [6, 6.07) is -0.930. The summed E-state index contributed by atoms with van der Waals surface area (Å²) in [6.07, 6.45) is 45.9. The molecule has 0 aromatic heterocycles. The molecule has 2 saturated heterocycles. The zero-order valence-electron chi connectivity index (χ0n) is 48.2. The van der Waals surface area contributed by atoms with Crippen molar-refractivity contribution >= 4 is 5.91 Å². The highest BCUT2D eigenvalue weighted by Crippen LogP contribution is 2.30. The number of unbranched alkanes of at least 4 members (excludes halogenated alkanes) is 28. The van der Waals surface area contributed by atoms with Crippen LogP contribution >= 0.6 is 0 Å². The molecule has 0 aliphatic carbocycles. The quantitative estimate of drug-likeness (QED) is 0.0204. The van der Waals surface area contributed by atoms with Gasteiger partial charge in [0.15, 0.2) is 12.6 Å². The van der Waals surface area contributed by atoms with Gasteiger partial charge in [-0.2, -0.15) is 0 Å². The van der Waals surface area contributed by atoms with Crippen LogP contribution in [0.4, 0.5) is 0 Å². The van der Waals surface area contributed by atoms with Crippen LogP contribution in [0.1, 0.15) is 239 Å². The number of rotatable bonds is 49. The first-order chi connectivity index (χ1) is 37.6. The van der Waals surface area contributed by atoms with E-state index in [-0.39, 0.29) is 18.9 Å². The second-order valence-electron chi connectivity index (χ2n) is 21.8. The van der Waals surface area contributed by atoms with E-state index in [9.17, 15) is 45.6 Å². The first-order valence-electron chi connectivity index (χ1n) is 31.0. The van der Waals surface area contributed by atoms with E-state index in [1.807, 2.05) is 6.08 Å². The number of ether oxygens (including phenoxy) is 4. The predicted molar refractivity (Wildman–Crippen MR) is 309 cm³/mol. The summed E-state index contributed by atoms with van der Waals surface area (Å²) < 4.78 is 22.7. The van der Waals surface area contributed by atoms with Gasteiger partial charge in [-0.15, -0.1) is 0 Å². The number of carbonyl (C=O) groups is 1. The zero-order chi connectivity index (χ0) is 56.0. The Morgan fingerprint density at radius 2 is 0.870 bits per heavy atom. The largest absolute Gasteiger partial charge is 0.394 e. The molecule has 0 bridgehead atoms. The van der Waals surface area contributed by atoms with E-state index >= 15 is 0 Å². The lowest BCUT2D eigenvalue weighted by Crippen LogP contribution is -2.65. The topological polar surface area (TPSA) is 228 Å². The highest BCUT2D eigenvalue weighted by atomic mass is 16.7. The molecule has 0 aromatic rings. The van der Waals surface area contributed by atoms with Crippen molar-refractivity contribution < 1.29 is 64.6 Å². The van der Waals surface area contributed by atoms with Gasteiger partial charge in [-0.25, -0.2) is 0 Å². The smallest absolute Gasteiger partial charge is 0.220 e. The van der Waals surface area contributed by atoms with Gasteiger partial charge in [0.05, 0.1) is 32.0 Å². The van der Waals surface area contributed by atoms with Crippen LogP contribution in [-0.2, 0) is 23.7 Å². The molecule has 0 spiro atoms. The highest BCUT2D eigenvalue weighted by Gasteiger charge is 2.51. The molecule has 2 fully saturated rings. The molecule has 14 heteroatoms. The van der Waals surface area contributed by atoms with Crippen LogP contribution in [0.15, 0.2) is 60.8 Å². The molecule has 2 heterocycles. The van der Waals surface area contributed by atoms with Crippen LogP contribution in [0, 0.1) is 0 Å². The van der Waals surface area contributed by atoms with Gasteiger partial charge in [0.1, 0.15) is 48.8 Å². The van der Waals surface area contributed by atoms with Gasteiger partial charge >= 0.3 is 0 Å². The van der Waals surface area contributed by atoms with Crippen molar-refractivity contribution in [1.29, 1.82) is 0 Å². The Balaban J connectivity index is 1.61. The maximum Gasteiger partial charge on any atom is 0.220 e. The Morgan fingerprint density at radius 1 is 0.468 bits per heavy atom. The molecule has 0 saturated carbocycles. The number of hydrogen-bond donors (Lipinski definition) is 9. The third-order valence-electron chi connectivity index (χ3n) is 14.9. The third kappa shape index (κ3) is 33.9. The molecule has 9 N–H and O–H groups in total. The van der Waals surface area contributed by atoms with Crippen LogP contribution in [0.3, 0.4) is 0 Å². The average molecular weight is 1090 g/mol. The van der Waals surface area contributed by atoms with E-state index in [4.69, 9.17) is 18.9 Å². The van der Waals surface area contributed by atoms with Crippen LogP contribution in [0.2, 0.25) is 0 Å². The van der Waals surface area contributed by atoms with Gasteiger partial charge < -0.3 is 65.1 Å². The van der Waals surface area contributed by atoms with Gasteiger partial charge in [0.25, 0.3) is 0 Å². The summed E-state index contributed by atoms with van der Waals surface area (Å²) >= 11 is 0. The van der Waals surface area contributed by atoms with Crippen molar-refractivity contribution in [2.24, 2.45) is 0 Å². The Bertz CT molecular complexity index is 1520. The first kappa shape index (κ1) is 70.8. The Morgan fingerprint density at radius 3 is 1.38 bits per heavy atom. The predicted octanol–water partition coefficient (Wildman–Crippen LogP) is 10.9. The van der Waals surface area contributed by atoms with E-state index in [0.29, 0.717) is 12.8 Å². The number of nitrogens with one attached hydrogen (secondary N) is 1. The lowest BCUT2D eigenvalue weighted by atomic mass is 9.97. The molecular weight excluding hydrogens is 979 g/mol. The molecule has 14 nitrogen and oxygen atoms in total. The Hall–Kier alpha value is -2.31. The minimum Gasteiger partial charge on any atom is -0.394 e. The maximum absolute atomic E-state index is 13.2. The molecule has 0 radical (unpaired) electrons. The van der Waals surface area contributed by atoms with E-state index in [2.05, 4.69) is 67.8 Å². The van der Waals surface area contributed by atoms with Gasteiger partial charge in [-0.05, 0) is 70.6 Å². The third-order valence-corrected chi connectivity index (χ3v) is 14.9. The van der Waals surface area contributed by atoms with Crippen LogP contribution in [-0.4, -0.2) is 140 Å². The highest BCUT2D eigenvalue weighted by molar-refractivity contribution is 5.76. The molecule has 2 rings (SSSR count). The molecule has 448 valence electrons. The number of aliphatic hydroxyl groups excluding tert-OH is 8. The maximum atomic E-state index is 13.2.